The molecule has 1 saturated carbocycles. The zero-order chi connectivity index (χ0) is 18.2. The van der Waals surface area contributed by atoms with Gasteiger partial charge in [0.15, 0.2) is 0 Å². The molecule has 0 aromatic heterocycles. The Kier molecular flexibility index (Phi) is 3.51. The van der Waals surface area contributed by atoms with Gasteiger partial charge in [0.25, 0.3) is 0 Å². The Balaban J connectivity index is 2.55. The normalized spacial score (nSPS) is 27.9. The van der Waals surface area contributed by atoms with Gasteiger partial charge in [-0.25, -0.2) is 0 Å². The summed E-state index contributed by atoms with van der Waals surface area (Å²) in [6, 6.07) is 7.09. The van der Waals surface area contributed by atoms with Crippen molar-refractivity contribution >= 4 is 0 Å². The Morgan fingerprint density at radius 2 is 1.85 bits per heavy atom. The summed E-state index contributed by atoms with van der Waals surface area (Å²) in [5.74, 6) is -0.0206. The number of methoxy groups -OCH3 is 1. The van der Waals surface area contributed by atoms with Crippen molar-refractivity contribution in [2.24, 2.45) is 0 Å². The number of ether oxygens (including phenoxy) is 1. The largest absolute Gasteiger partial charge is 0.497 e. The molecule has 0 aliphatic heterocycles. The van der Waals surface area contributed by atoms with Crippen molar-refractivity contribution in [3.63, 3.8) is 0 Å². The third kappa shape index (κ3) is 3.53. The highest BCUT2D eigenvalue weighted by atomic mass is 16.5. The van der Waals surface area contributed by atoms with Gasteiger partial charge in [-0.15, -0.1) is 0 Å². The lowest BCUT2D eigenvalue weighted by atomic mass is 9.72. The minimum absolute atomic E-state index is 0.156. The fourth-order valence-electron chi connectivity index (χ4n) is 2.64. The molecule has 20 heavy (non-hydrogen) atoms. The summed E-state index contributed by atoms with van der Waals surface area (Å²) >= 11 is 0. The average Bonchev–Trinajstić information content (AvgIpc) is 2.50. The molecule has 0 radical (unpaired) electrons. The molecule has 1 aliphatic carbocycles. The predicted molar refractivity (Wildman–Crippen MR) is 82.3 cm³/mol. The lowest BCUT2D eigenvalue weighted by Crippen LogP contribution is -2.42. The lowest BCUT2D eigenvalue weighted by molar-refractivity contribution is -0.0277. The number of hydrogen-bond acceptors (Lipinski definition) is 3. The quantitative estimate of drug-likeness (QED) is 0.900. The maximum atomic E-state index is 11.4. The van der Waals surface area contributed by atoms with Crippen LogP contribution in [0.25, 0.3) is 0 Å². The Morgan fingerprint density at radius 3 is 2.35 bits per heavy atom. The van der Waals surface area contributed by atoms with Gasteiger partial charge in [-0.05, 0) is 44.5 Å². The molecule has 112 valence electrons. The van der Waals surface area contributed by atoms with E-state index in [0.717, 1.165) is 0 Å². The molecule has 2 rings (SSSR count). The van der Waals surface area contributed by atoms with E-state index in [-0.39, 0.29) is 12.8 Å². The number of benzene rings is 1. The van der Waals surface area contributed by atoms with E-state index in [2.05, 4.69) is 0 Å². The summed E-state index contributed by atoms with van der Waals surface area (Å²) in [5, 5.41) is 11.4. The molecule has 0 spiro atoms. The molecule has 1 fully saturated rings. The van der Waals surface area contributed by atoms with Gasteiger partial charge in [0, 0.05) is 17.9 Å². The number of aliphatic hydroxyl groups is 1. The van der Waals surface area contributed by atoms with Crippen molar-refractivity contribution < 1.29 is 15.3 Å². The van der Waals surface area contributed by atoms with E-state index in [1.807, 2.05) is 19.0 Å². The highest BCUT2D eigenvalue weighted by Crippen LogP contribution is 2.40. The minimum Gasteiger partial charge on any atom is -0.497 e. The molecule has 1 N–H and O–H groups in total. The fourth-order valence-corrected chi connectivity index (χ4v) is 2.64. The topological polar surface area (TPSA) is 32.7 Å². The Morgan fingerprint density at radius 1 is 1.25 bits per heavy atom. The Labute approximate surface area is 128 Å². The molecule has 0 saturated heterocycles. The van der Waals surface area contributed by atoms with Crippen molar-refractivity contribution in [3.05, 3.63) is 29.8 Å². The average molecular weight is 281 g/mol. The molecule has 0 amide bonds. The van der Waals surface area contributed by atoms with Crippen molar-refractivity contribution in [2.45, 2.75) is 43.5 Å². The number of rotatable bonds is 5. The molecule has 3 nitrogen and oxygen atoms in total. The van der Waals surface area contributed by atoms with E-state index < -0.39 is 24.3 Å². The molecule has 1 aromatic carbocycles. The molecule has 3 heteroatoms. The summed E-state index contributed by atoms with van der Waals surface area (Å²) < 4.78 is 38.6. The maximum absolute atomic E-state index is 11.4. The van der Waals surface area contributed by atoms with Gasteiger partial charge in [0.2, 0.25) is 0 Å². The molecule has 1 aromatic rings. The molecule has 1 aliphatic rings. The van der Waals surface area contributed by atoms with E-state index >= 15 is 0 Å². The van der Waals surface area contributed by atoms with Gasteiger partial charge in [0.05, 0.1) is 12.7 Å². The second-order valence-corrected chi connectivity index (χ2v) is 5.56. The first-order valence-electron chi connectivity index (χ1n) is 9.06. The van der Waals surface area contributed by atoms with Crippen LogP contribution in [0.4, 0.5) is 0 Å². The molecule has 1 unspecified atom stereocenters. The van der Waals surface area contributed by atoms with Gasteiger partial charge in [0.1, 0.15) is 5.75 Å². The van der Waals surface area contributed by atoms with Crippen molar-refractivity contribution in [2.75, 3.05) is 27.7 Å². The number of nitrogens with zero attached hydrogens (tertiary/aromatic N) is 1. The summed E-state index contributed by atoms with van der Waals surface area (Å²) in [6.07, 6.45) is -3.27. The molecular formula is C17H27NO2. The third-order valence-electron chi connectivity index (χ3n) is 3.71. The molecule has 0 heterocycles. The van der Waals surface area contributed by atoms with Crippen molar-refractivity contribution in [1.29, 1.82) is 0 Å². The summed E-state index contributed by atoms with van der Waals surface area (Å²) in [5.41, 5.74) is -1.39. The first-order chi connectivity index (χ1) is 11.0. The van der Waals surface area contributed by atoms with Crippen LogP contribution in [0.15, 0.2) is 24.3 Å². The van der Waals surface area contributed by atoms with E-state index in [0.29, 0.717) is 24.3 Å². The van der Waals surface area contributed by atoms with Crippen LogP contribution in [-0.4, -0.2) is 43.4 Å². The smallest absolute Gasteiger partial charge is 0.118 e. The minimum atomic E-state index is -2.10. The van der Waals surface area contributed by atoms with E-state index in [1.54, 1.807) is 31.4 Å². The Bertz CT molecular complexity index is 544. The SMILES string of the molecule is [2H]C1([2H])CCCC([2H])([2H])C1(O)C(CN(C)C)c1ccc(OC)cc1. The standard InChI is InChI=1S/C17H27NO2/c1-18(2)13-16(17(19)11-5-4-6-12-17)14-7-9-15(20-3)10-8-14/h7-10,16,19H,4-6,11-13H2,1-3H3/i11D2,12D2. The zero-order valence-corrected chi connectivity index (χ0v) is 12.5. The highest BCUT2D eigenvalue weighted by Gasteiger charge is 2.38. The van der Waals surface area contributed by atoms with Crippen LogP contribution in [0.1, 0.15) is 49.0 Å². The maximum Gasteiger partial charge on any atom is 0.118 e. The summed E-state index contributed by atoms with van der Waals surface area (Å²) in [6.45, 7) is 0.349. The van der Waals surface area contributed by atoms with E-state index in [4.69, 9.17) is 10.2 Å². The predicted octanol–water partition coefficient (Wildman–Crippen LogP) is 3.04. The van der Waals surface area contributed by atoms with Crippen LogP contribution < -0.4 is 4.74 Å². The molecule has 0 bridgehead atoms. The van der Waals surface area contributed by atoms with E-state index in [9.17, 15) is 5.11 Å². The van der Waals surface area contributed by atoms with Crippen LogP contribution >= 0.6 is 0 Å². The monoisotopic (exact) mass is 281 g/mol. The first kappa shape index (κ1) is 10.6. The summed E-state index contributed by atoms with van der Waals surface area (Å²) in [4.78, 5) is 1.85. The lowest BCUT2D eigenvalue weighted by Gasteiger charge is -2.40. The van der Waals surface area contributed by atoms with Crippen molar-refractivity contribution in [3.8, 4) is 5.75 Å². The van der Waals surface area contributed by atoms with Crippen LogP contribution in [0.2, 0.25) is 0 Å². The van der Waals surface area contributed by atoms with E-state index in [1.165, 1.54) is 0 Å². The Hall–Kier alpha value is -1.06. The van der Waals surface area contributed by atoms with Crippen LogP contribution in [0, 0.1) is 0 Å². The first-order valence-corrected chi connectivity index (χ1v) is 7.06. The molecular weight excluding hydrogens is 250 g/mol. The van der Waals surface area contributed by atoms with Gasteiger partial charge < -0.3 is 14.7 Å². The zero-order valence-electron chi connectivity index (χ0n) is 16.5. The van der Waals surface area contributed by atoms with Crippen molar-refractivity contribution in [1.82, 2.24) is 4.90 Å². The van der Waals surface area contributed by atoms with Crippen LogP contribution in [0.5, 0.6) is 5.75 Å². The highest BCUT2D eigenvalue weighted by molar-refractivity contribution is 5.31. The van der Waals surface area contributed by atoms with Crippen LogP contribution in [0.3, 0.4) is 0 Å². The fraction of sp³-hybridized carbons (Fsp3) is 0.647. The second-order valence-electron chi connectivity index (χ2n) is 5.56. The molecule has 1 atom stereocenters. The van der Waals surface area contributed by atoms with Gasteiger partial charge in [-0.2, -0.15) is 0 Å². The third-order valence-corrected chi connectivity index (χ3v) is 3.71. The number of likely N-dealkylation sites (N-methyl/N-ethyl adjacent to an activating group) is 1. The van der Waals surface area contributed by atoms with Gasteiger partial charge in [-0.3, -0.25) is 0 Å². The van der Waals surface area contributed by atoms with Crippen LogP contribution in [-0.2, 0) is 0 Å². The van der Waals surface area contributed by atoms with Gasteiger partial charge in [-0.1, -0.05) is 31.4 Å². The second kappa shape index (κ2) is 6.59. The van der Waals surface area contributed by atoms with Gasteiger partial charge >= 0.3 is 0 Å². The number of hydrogen-bond donors (Lipinski definition) is 1. The summed E-state index contributed by atoms with van der Waals surface area (Å²) in [7, 11) is 5.25.